The van der Waals surface area contributed by atoms with Crippen LogP contribution in [0.4, 0.5) is 18.3 Å². The number of hydrogen-bond donors (Lipinski definition) is 1. The Balaban J connectivity index is 1.90. The first-order valence-corrected chi connectivity index (χ1v) is 6.41. The summed E-state index contributed by atoms with van der Waals surface area (Å²) in [6.45, 7) is 2.82. The van der Waals surface area contributed by atoms with Crippen molar-refractivity contribution in [2.75, 3.05) is 11.9 Å². The predicted molar refractivity (Wildman–Crippen MR) is 60.0 cm³/mol. The summed E-state index contributed by atoms with van der Waals surface area (Å²) in [6.07, 6.45) is 0.131. The number of nitrogens with one attached hydrogen (secondary N) is 1. The Kier molecular flexibility index (Phi) is 3.29. The van der Waals surface area contributed by atoms with Gasteiger partial charge in [-0.15, -0.1) is 10.2 Å². The minimum Gasteiger partial charge on any atom is -0.360 e. The lowest BCUT2D eigenvalue weighted by molar-refractivity contribution is -0.138. The fraction of sp³-hybridized carbons (Fsp3) is 0.800. The minimum atomic E-state index is -4.39. The molecular formula is C10H14F3N3S. The fourth-order valence-corrected chi connectivity index (χ4v) is 2.50. The van der Waals surface area contributed by atoms with Gasteiger partial charge in [-0.3, -0.25) is 0 Å². The molecule has 0 unspecified atom stereocenters. The molecule has 1 aliphatic carbocycles. The number of hydrogen-bond acceptors (Lipinski definition) is 4. The minimum absolute atomic E-state index is 0.264. The molecule has 1 aromatic rings. The lowest BCUT2D eigenvalue weighted by atomic mass is 10.0. The van der Waals surface area contributed by atoms with Gasteiger partial charge in [-0.2, -0.15) is 13.2 Å². The molecule has 1 heterocycles. The van der Waals surface area contributed by atoms with Crippen molar-refractivity contribution >= 4 is 16.5 Å². The van der Waals surface area contributed by atoms with E-state index in [0.717, 1.165) is 25.7 Å². The summed E-state index contributed by atoms with van der Waals surface area (Å²) in [4.78, 5) is 0. The summed E-state index contributed by atoms with van der Waals surface area (Å²) in [5.74, 6) is 0. The molecule has 2 rings (SSSR count). The third-order valence-corrected chi connectivity index (χ3v) is 3.95. The topological polar surface area (TPSA) is 37.8 Å². The van der Waals surface area contributed by atoms with Crippen molar-refractivity contribution in [2.45, 2.75) is 38.8 Å². The van der Waals surface area contributed by atoms with Crippen LogP contribution in [0.3, 0.4) is 0 Å². The zero-order valence-corrected chi connectivity index (χ0v) is 10.3. The molecule has 3 nitrogen and oxygen atoms in total. The number of nitrogens with zero attached hydrogens (tertiary/aromatic N) is 2. The molecule has 0 aromatic carbocycles. The van der Waals surface area contributed by atoms with Gasteiger partial charge in [-0.25, -0.2) is 0 Å². The lowest BCUT2D eigenvalue weighted by Crippen LogP contribution is -2.14. The van der Waals surface area contributed by atoms with E-state index in [-0.39, 0.29) is 5.13 Å². The Hall–Kier alpha value is -0.850. The SMILES string of the molecule is CCCC1(CNc2nnc(C(F)(F)F)s2)CC1. The van der Waals surface area contributed by atoms with Crippen molar-refractivity contribution in [3.63, 3.8) is 0 Å². The molecule has 0 bridgehead atoms. The van der Waals surface area contributed by atoms with Gasteiger partial charge in [0.2, 0.25) is 10.1 Å². The van der Waals surface area contributed by atoms with E-state index < -0.39 is 11.2 Å². The van der Waals surface area contributed by atoms with Gasteiger partial charge in [0.25, 0.3) is 0 Å². The molecule has 1 aromatic heterocycles. The summed E-state index contributed by atoms with van der Waals surface area (Å²) in [5.41, 5.74) is 0.290. The number of aromatic nitrogens is 2. The van der Waals surface area contributed by atoms with Gasteiger partial charge in [-0.1, -0.05) is 24.7 Å². The lowest BCUT2D eigenvalue weighted by Gasteiger charge is -2.13. The number of anilines is 1. The molecule has 0 spiro atoms. The molecule has 1 aliphatic rings. The van der Waals surface area contributed by atoms with Gasteiger partial charge in [0.05, 0.1) is 0 Å². The maximum atomic E-state index is 12.3. The van der Waals surface area contributed by atoms with Crippen LogP contribution in [0.15, 0.2) is 0 Å². The van der Waals surface area contributed by atoms with Crippen molar-refractivity contribution in [2.24, 2.45) is 5.41 Å². The third kappa shape index (κ3) is 3.08. The largest absolute Gasteiger partial charge is 0.445 e. The Morgan fingerprint density at radius 2 is 2.06 bits per heavy atom. The highest BCUT2D eigenvalue weighted by Crippen LogP contribution is 2.49. The van der Waals surface area contributed by atoms with Crippen LogP contribution in [-0.2, 0) is 6.18 Å². The van der Waals surface area contributed by atoms with E-state index >= 15 is 0 Å². The van der Waals surface area contributed by atoms with Crippen LogP contribution in [0.25, 0.3) is 0 Å². The average molecular weight is 265 g/mol. The van der Waals surface area contributed by atoms with Gasteiger partial charge in [0, 0.05) is 6.54 Å². The zero-order chi connectivity index (χ0) is 12.5. The van der Waals surface area contributed by atoms with Crippen LogP contribution < -0.4 is 5.32 Å². The smallest absolute Gasteiger partial charge is 0.360 e. The first kappa shape index (κ1) is 12.6. The second-order valence-corrected chi connectivity index (χ2v) is 5.49. The van der Waals surface area contributed by atoms with Crippen LogP contribution in [0.1, 0.15) is 37.6 Å². The van der Waals surface area contributed by atoms with Crippen LogP contribution in [0, 0.1) is 5.41 Å². The van der Waals surface area contributed by atoms with Crippen molar-refractivity contribution in [3.8, 4) is 0 Å². The highest BCUT2D eigenvalue weighted by atomic mass is 32.1. The molecule has 1 saturated carbocycles. The van der Waals surface area contributed by atoms with Crippen LogP contribution >= 0.6 is 11.3 Å². The summed E-state index contributed by atoms with van der Waals surface area (Å²) >= 11 is 0.568. The quantitative estimate of drug-likeness (QED) is 0.884. The molecular weight excluding hydrogens is 251 g/mol. The van der Waals surface area contributed by atoms with Gasteiger partial charge in [0.1, 0.15) is 0 Å². The van der Waals surface area contributed by atoms with E-state index in [9.17, 15) is 13.2 Å². The van der Waals surface area contributed by atoms with Gasteiger partial charge in [-0.05, 0) is 24.7 Å². The monoisotopic (exact) mass is 265 g/mol. The Bertz CT molecular complexity index is 384. The summed E-state index contributed by atoms with van der Waals surface area (Å²) in [6, 6.07) is 0. The summed E-state index contributed by atoms with van der Waals surface area (Å²) in [7, 11) is 0. The maximum absolute atomic E-state index is 12.3. The van der Waals surface area contributed by atoms with Crippen LogP contribution in [-0.4, -0.2) is 16.7 Å². The molecule has 17 heavy (non-hydrogen) atoms. The van der Waals surface area contributed by atoms with Gasteiger partial charge >= 0.3 is 6.18 Å². The van der Waals surface area contributed by atoms with Gasteiger partial charge < -0.3 is 5.32 Å². The Labute approximate surface area is 101 Å². The molecule has 0 atom stereocenters. The average Bonchev–Trinajstić information content (AvgIpc) is 2.82. The molecule has 0 radical (unpaired) electrons. The standard InChI is InChI=1S/C10H14F3N3S/c1-2-3-9(4-5-9)6-14-8-16-15-7(17-8)10(11,12)13/h2-6H2,1H3,(H,14,16). The fourth-order valence-electron chi connectivity index (χ4n) is 1.89. The first-order chi connectivity index (χ1) is 7.95. The molecule has 96 valence electrons. The normalized spacial score (nSPS) is 18.1. The third-order valence-electron chi connectivity index (χ3n) is 3.02. The van der Waals surface area contributed by atoms with Crippen molar-refractivity contribution in [1.82, 2.24) is 10.2 Å². The highest BCUT2D eigenvalue weighted by Gasteiger charge is 2.41. The molecule has 1 fully saturated rings. The number of rotatable bonds is 5. The van der Waals surface area contributed by atoms with E-state index in [1.165, 1.54) is 0 Å². The van der Waals surface area contributed by atoms with E-state index in [1.54, 1.807) is 0 Å². The van der Waals surface area contributed by atoms with Crippen molar-refractivity contribution in [3.05, 3.63) is 5.01 Å². The van der Waals surface area contributed by atoms with Crippen LogP contribution in [0.2, 0.25) is 0 Å². The number of halogens is 3. The molecule has 0 amide bonds. The molecule has 7 heteroatoms. The van der Waals surface area contributed by atoms with E-state index in [2.05, 4.69) is 22.4 Å². The second-order valence-electron chi connectivity index (χ2n) is 4.51. The van der Waals surface area contributed by atoms with Crippen molar-refractivity contribution < 1.29 is 13.2 Å². The zero-order valence-electron chi connectivity index (χ0n) is 9.47. The number of alkyl halides is 3. The van der Waals surface area contributed by atoms with E-state index in [4.69, 9.17) is 0 Å². The first-order valence-electron chi connectivity index (χ1n) is 5.60. The van der Waals surface area contributed by atoms with Crippen LogP contribution in [0.5, 0.6) is 0 Å². The van der Waals surface area contributed by atoms with Crippen molar-refractivity contribution in [1.29, 1.82) is 0 Å². The highest BCUT2D eigenvalue weighted by molar-refractivity contribution is 7.15. The van der Waals surface area contributed by atoms with Gasteiger partial charge in [0.15, 0.2) is 0 Å². The Morgan fingerprint density at radius 3 is 2.53 bits per heavy atom. The van der Waals surface area contributed by atoms with E-state index in [0.29, 0.717) is 23.3 Å². The Morgan fingerprint density at radius 1 is 1.35 bits per heavy atom. The molecule has 0 saturated heterocycles. The van der Waals surface area contributed by atoms with E-state index in [1.807, 2.05) is 0 Å². The second kappa shape index (κ2) is 4.44. The maximum Gasteiger partial charge on any atom is 0.445 e. The molecule has 1 N–H and O–H groups in total. The summed E-state index contributed by atoms with van der Waals surface area (Å²) in [5, 5.41) is 8.99. The predicted octanol–water partition coefficient (Wildman–Crippen LogP) is 3.55. The summed E-state index contributed by atoms with van der Waals surface area (Å²) < 4.78 is 36.9. The molecule has 0 aliphatic heterocycles.